The van der Waals surface area contributed by atoms with Crippen molar-refractivity contribution >= 4 is 0 Å². The van der Waals surface area contributed by atoms with Crippen LogP contribution in [0.25, 0.3) is 0 Å². The topological polar surface area (TPSA) is 18.5 Å². The van der Waals surface area contributed by atoms with Gasteiger partial charge in [-0.05, 0) is 0 Å². The summed E-state index contributed by atoms with van der Waals surface area (Å²) in [5, 5.41) is 0. The van der Waals surface area contributed by atoms with E-state index in [0.29, 0.717) is 0 Å². The van der Waals surface area contributed by atoms with Crippen LogP contribution < -0.4 is 0 Å². The van der Waals surface area contributed by atoms with E-state index in [1.54, 1.807) is 0 Å². The van der Waals surface area contributed by atoms with Crippen LogP contribution in [0.5, 0.6) is 0 Å². The maximum absolute atomic E-state index is 5.69. The molecule has 2 aromatic carbocycles. The van der Waals surface area contributed by atoms with Crippen LogP contribution >= 0.6 is 0 Å². The second-order valence-corrected chi connectivity index (χ2v) is 3.76. The molecule has 0 atom stereocenters. The first-order chi connectivity index (χ1) is 7.93. The Hall–Kier alpha value is -1.64. The van der Waals surface area contributed by atoms with E-state index in [2.05, 4.69) is 0 Å². The summed E-state index contributed by atoms with van der Waals surface area (Å²) in [5.41, 5.74) is 2.13. The maximum atomic E-state index is 5.69. The average Bonchev–Trinajstić information content (AvgIpc) is 2.30. The maximum Gasteiger partial charge on any atom is 0.190 e. The van der Waals surface area contributed by atoms with Crippen molar-refractivity contribution in [2.75, 3.05) is 0 Å². The molecule has 0 aromatic heterocycles. The number of benzene rings is 2. The molecule has 0 radical (unpaired) electrons. The first-order valence-corrected chi connectivity index (χ1v) is 5.34. The lowest BCUT2D eigenvalue weighted by Crippen LogP contribution is -2.27. The van der Waals surface area contributed by atoms with Crippen LogP contribution in [0.2, 0.25) is 0 Å². The molecule has 0 bridgehead atoms. The van der Waals surface area contributed by atoms with E-state index < -0.39 is 0 Å². The Labute approximate surface area is 94.4 Å². The molecule has 16 heavy (non-hydrogen) atoms. The van der Waals surface area contributed by atoms with Gasteiger partial charge in [-0.3, -0.25) is 0 Å². The standard InChI is InChI=1S/C14H12O2/c1-3-7-11(8-4-1)13-15-14(16-13)12-9-5-2-6-10-12/h1-10,13-14H. The van der Waals surface area contributed by atoms with Gasteiger partial charge >= 0.3 is 0 Å². The van der Waals surface area contributed by atoms with Crippen molar-refractivity contribution in [3.8, 4) is 0 Å². The Bertz CT molecular complexity index is 403. The molecule has 1 fully saturated rings. The third-order valence-corrected chi connectivity index (χ3v) is 2.64. The van der Waals surface area contributed by atoms with Crippen molar-refractivity contribution in [2.24, 2.45) is 0 Å². The van der Waals surface area contributed by atoms with Crippen molar-refractivity contribution in [2.45, 2.75) is 12.6 Å². The highest BCUT2D eigenvalue weighted by molar-refractivity contribution is 5.20. The highest BCUT2D eigenvalue weighted by atomic mass is 16.9. The summed E-state index contributed by atoms with van der Waals surface area (Å²) in [4.78, 5) is 0. The van der Waals surface area contributed by atoms with Gasteiger partial charge in [0.15, 0.2) is 12.6 Å². The average molecular weight is 212 g/mol. The van der Waals surface area contributed by atoms with E-state index >= 15 is 0 Å². The highest BCUT2D eigenvalue weighted by Crippen LogP contribution is 2.40. The summed E-state index contributed by atoms with van der Waals surface area (Å²) in [6, 6.07) is 19.9. The number of ether oxygens (including phenoxy) is 2. The Kier molecular flexibility index (Phi) is 2.44. The van der Waals surface area contributed by atoms with E-state index in [0.717, 1.165) is 11.1 Å². The van der Waals surface area contributed by atoms with E-state index in [1.807, 2.05) is 60.7 Å². The molecule has 80 valence electrons. The fourth-order valence-electron chi connectivity index (χ4n) is 1.77. The minimum absolute atomic E-state index is 0.216. The molecule has 2 heteroatoms. The molecule has 0 N–H and O–H groups in total. The molecule has 1 aliphatic rings. The Balaban J connectivity index is 1.68. The summed E-state index contributed by atoms with van der Waals surface area (Å²) in [6.45, 7) is 0. The van der Waals surface area contributed by atoms with Gasteiger partial charge < -0.3 is 9.47 Å². The third-order valence-electron chi connectivity index (χ3n) is 2.64. The monoisotopic (exact) mass is 212 g/mol. The summed E-state index contributed by atoms with van der Waals surface area (Å²) in [6.07, 6.45) is -0.433. The van der Waals surface area contributed by atoms with Gasteiger partial charge in [-0.15, -0.1) is 0 Å². The van der Waals surface area contributed by atoms with Crippen molar-refractivity contribution in [1.82, 2.24) is 0 Å². The predicted molar refractivity (Wildman–Crippen MR) is 60.5 cm³/mol. The Morgan fingerprint density at radius 2 is 0.938 bits per heavy atom. The van der Waals surface area contributed by atoms with Crippen LogP contribution in [0.1, 0.15) is 23.7 Å². The highest BCUT2D eigenvalue weighted by Gasteiger charge is 2.32. The van der Waals surface area contributed by atoms with E-state index in [-0.39, 0.29) is 12.6 Å². The summed E-state index contributed by atoms with van der Waals surface area (Å²) in [7, 11) is 0. The van der Waals surface area contributed by atoms with Crippen LogP contribution in [0, 0.1) is 0 Å². The molecule has 1 aliphatic heterocycles. The molecule has 1 heterocycles. The van der Waals surface area contributed by atoms with Crippen molar-refractivity contribution < 1.29 is 9.47 Å². The van der Waals surface area contributed by atoms with Crippen LogP contribution in [0.3, 0.4) is 0 Å². The minimum atomic E-state index is -0.216. The first-order valence-electron chi connectivity index (χ1n) is 5.34. The van der Waals surface area contributed by atoms with Crippen LogP contribution in [-0.4, -0.2) is 0 Å². The van der Waals surface area contributed by atoms with Crippen LogP contribution in [-0.2, 0) is 9.47 Å². The van der Waals surface area contributed by atoms with Crippen molar-refractivity contribution in [1.29, 1.82) is 0 Å². The van der Waals surface area contributed by atoms with Crippen molar-refractivity contribution in [3.63, 3.8) is 0 Å². The van der Waals surface area contributed by atoms with Gasteiger partial charge in [-0.2, -0.15) is 0 Å². The fraction of sp³-hybridized carbons (Fsp3) is 0.143. The van der Waals surface area contributed by atoms with Gasteiger partial charge in [0, 0.05) is 11.1 Å². The number of hydrogen-bond donors (Lipinski definition) is 0. The fourth-order valence-corrected chi connectivity index (χ4v) is 1.77. The molecule has 1 saturated heterocycles. The zero-order valence-electron chi connectivity index (χ0n) is 8.74. The summed E-state index contributed by atoms with van der Waals surface area (Å²) < 4.78 is 11.4. The van der Waals surface area contributed by atoms with Gasteiger partial charge in [-0.25, -0.2) is 0 Å². The summed E-state index contributed by atoms with van der Waals surface area (Å²) in [5.74, 6) is 0. The smallest absolute Gasteiger partial charge is 0.190 e. The second-order valence-electron chi connectivity index (χ2n) is 3.76. The number of hydrogen-bond acceptors (Lipinski definition) is 2. The molecule has 0 amide bonds. The zero-order valence-corrected chi connectivity index (χ0v) is 8.74. The summed E-state index contributed by atoms with van der Waals surface area (Å²) >= 11 is 0. The molecule has 0 saturated carbocycles. The molecular weight excluding hydrogens is 200 g/mol. The Morgan fingerprint density at radius 1 is 0.562 bits per heavy atom. The van der Waals surface area contributed by atoms with E-state index in [4.69, 9.17) is 9.47 Å². The van der Waals surface area contributed by atoms with E-state index in [9.17, 15) is 0 Å². The largest absolute Gasteiger partial charge is 0.315 e. The first kappa shape index (κ1) is 9.58. The van der Waals surface area contributed by atoms with Gasteiger partial charge in [0.25, 0.3) is 0 Å². The molecule has 0 unspecified atom stereocenters. The minimum Gasteiger partial charge on any atom is -0.315 e. The molecule has 0 aliphatic carbocycles. The second kappa shape index (κ2) is 4.08. The van der Waals surface area contributed by atoms with Crippen molar-refractivity contribution in [3.05, 3.63) is 71.8 Å². The molecule has 2 aromatic rings. The molecule has 3 rings (SSSR count). The van der Waals surface area contributed by atoms with E-state index in [1.165, 1.54) is 0 Å². The van der Waals surface area contributed by atoms with Crippen LogP contribution in [0.4, 0.5) is 0 Å². The lowest BCUT2D eigenvalue weighted by atomic mass is 10.1. The predicted octanol–water partition coefficient (Wildman–Crippen LogP) is 3.43. The van der Waals surface area contributed by atoms with Gasteiger partial charge in [0.1, 0.15) is 0 Å². The zero-order chi connectivity index (χ0) is 10.8. The van der Waals surface area contributed by atoms with Gasteiger partial charge in [-0.1, -0.05) is 60.7 Å². The molecule has 0 spiro atoms. The quantitative estimate of drug-likeness (QED) is 0.759. The molecule has 2 nitrogen and oxygen atoms in total. The molecular formula is C14H12O2. The SMILES string of the molecule is c1ccc(C2OC(c3ccccc3)O2)cc1. The lowest BCUT2D eigenvalue weighted by Gasteiger charge is -2.36. The normalized spacial score (nSPS) is 23.8. The van der Waals surface area contributed by atoms with Crippen LogP contribution in [0.15, 0.2) is 60.7 Å². The Morgan fingerprint density at radius 3 is 1.31 bits per heavy atom. The lowest BCUT2D eigenvalue weighted by molar-refractivity contribution is -0.397. The van der Waals surface area contributed by atoms with Gasteiger partial charge in [0.2, 0.25) is 0 Å². The number of rotatable bonds is 2. The third kappa shape index (κ3) is 1.73. The van der Waals surface area contributed by atoms with Gasteiger partial charge in [0.05, 0.1) is 0 Å².